The van der Waals surface area contributed by atoms with Crippen molar-refractivity contribution in [2.45, 2.75) is 6.92 Å². The lowest BCUT2D eigenvalue weighted by Gasteiger charge is -2.03. The summed E-state index contributed by atoms with van der Waals surface area (Å²) in [6.45, 7) is 1.56. The molecular formula is C14H14N2O7S. The van der Waals surface area contributed by atoms with Crippen LogP contribution in [0.15, 0.2) is 6.20 Å². The second-order valence-electron chi connectivity index (χ2n) is 4.52. The molecular weight excluding hydrogens is 340 g/mol. The number of carbonyl (C=O) groups is 3. The maximum Gasteiger partial charge on any atom is 0.362 e. The van der Waals surface area contributed by atoms with Gasteiger partial charge in [0.05, 0.1) is 27.5 Å². The molecule has 2 aromatic rings. The average molecular weight is 354 g/mol. The summed E-state index contributed by atoms with van der Waals surface area (Å²) in [5.41, 5.74) is 0.115. The summed E-state index contributed by atoms with van der Waals surface area (Å²) in [4.78, 5) is 35.7. The number of methoxy groups -OCH3 is 3. The van der Waals surface area contributed by atoms with Crippen LogP contribution in [0.25, 0.3) is 5.00 Å². The number of ether oxygens (including phenoxy) is 3. The zero-order valence-electron chi connectivity index (χ0n) is 13.3. The highest BCUT2D eigenvalue weighted by molar-refractivity contribution is 7.17. The van der Waals surface area contributed by atoms with Gasteiger partial charge in [-0.25, -0.2) is 19.1 Å². The highest BCUT2D eigenvalue weighted by Crippen LogP contribution is 2.33. The van der Waals surface area contributed by atoms with E-state index in [1.807, 2.05) is 0 Å². The van der Waals surface area contributed by atoms with E-state index in [0.29, 0.717) is 5.56 Å². The molecule has 0 aliphatic rings. The van der Waals surface area contributed by atoms with Gasteiger partial charge in [-0.2, -0.15) is 5.10 Å². The zero-order valence-corrected chi connectivity index (χ0v) is 14.1. The van der Waals surface area contributed by atoms with E-state index in [4.69, 9.17) is 4.74 Å². The third-order valence-electron chi connectivity index (χ3n) is 3.17. The van der Waals surface area contributed by atoms with Gasteiger partial charge in [0, 0.05) is 0 Å². The molecule has 0 aliphatic carbocycles. The molecule has 0 unspecified atom stereocenters. The molecule has 0 radical (unpaired) electrons. The van der Waals surface area contributed by atoms with Gasteiger partial charge in [-0.1, -0.05) is 0 Å². The molecule has 10 heteroatoms. The van der Waals surface area contributed by atoms with Crippen LogP contribution in [0.1, 0.15) is 36.1 Å². The molecule has 0 fully saturated rings. The van der Waals surface area contributed by atoms with Gasteiger partial charge in [-0.05, 0) is 12.5 Å². The van der Waals surface area contributed by atoms with Crippen LogP contribution in [0.3, 0.4) is 0 Å². The molecule has 0 saturated heterocycles. The Hall–Kier alpha value is -2.88. The highest BCUT2D eigenvalue weighted by Gasteiger charge is 2.28. The summed E-state index contributed by atoms with van der Waals surface area (Å²) in [7, 11) is 3.56. The quantitative estimate of drug-likeness (QED) is 0.645. The molecule has 9 nitrogen and oxygen atoms in total. The number of thiophene rings is 1. The predicted molar refractivity (Wildman–Crippen MR) is 81.9 cm³/mol. The van der Waals surface area contributed by atoms with Crippen LogP contribution in [0.4, 0.5) is 0 Å². The summed E-state index contributed by atoms with van der Waals surface area (Å²) in [5.74, 6) is -2.59. The first kappa shape index (κ1) is 17.5. The summed E-state index contributed by atoms with van der Waals surface area (Å²) < 4.78 is 15.0. The minimum Gasteiger partial charge on any atom is -0.504 e. The van der Waals surface area contributed by atoms with Crippen LogP contribution in [-0.4, -0.2) is 54.1 Å². The minimum absolute atomic E-state index is 0.0850. The molecule has 0 atom stereocenters. The van der Waals surface area contributed by atoms with E-state index in [1.165, 1.54) is 14.2 Å². The van der Waals surface area contributed by atoms with Gasteiger partial charge in [-0.15, -0.1) is 11.3 Å². The van der Waals surface area contributed by atoms with Crippen molar-refractivity contribution >= 4 is 29.2 Å². The number of aromatic hydroxyl groups is 1. The Morgan fingerprint density at radius 1 is 1.08 bits per heavy atom. The molecule has 0 aromatic carbocycles. The van der Waals surface area contributed by atoms with E-state index in [-0.39, 0.29) is 21.1 Å². The molecule has 24 heavy (non-hydrogen) atoms. The second kappa shape index (κ2) is 6.71. The van der Waals surface area contributed by atoms with Crippen molar-refractivity contribution in [3.8, 4) is 10.8 Å². The lowest BCUT2D eigenvalue weighted by Crippen LogP contribution is -2.09. The summed E-state index contributed by atoms with van der Waals surface area (Å²) >= 11 is 0.919. The van der Waals surface area contributed by atoms with Crippen molar-refractivity contribution in [1.82, 2.24) is 9.78 Å². The number of nitrogens with zero attached hydrogens (tertiary/aromatic N) is 2. The Labute approximate surface area is 140 Å². The average Bonchev–Trinajstić information content (AvgIpc) is 3.13. The van der Waals surface area contributed by atoms with Crippen molar-refractivity contribution < 1.29 is 33.7 Å². The topological polar surface area (TPSA) is 117 Å². The first-order chi connectivity index (χ1) is 11.3. The molecule has 0 aliphatic heterocycles. The Morgan fingerprint density at radius 2 is 1.67 bits per heavy atom. The van der Waals surface area contributed by atoms with Crippen molar-refractivity contribution in [2.24, 2.45) is 0 Å². The van der Waals surface area contributed by atoms with Crippen LogP contribution >= 0.6 is 11.3 Å². The molecule has 128 valence electrons. The van der Waals surface area contributed by atoms with Crippen LogP contribution in [0.5, 0.6) is 5.75 Å². The van der Waals surface area contributed by atoms with Crippen LogP contribution in [0.2, 0.25) is 0 Å². The zero-order chi connectivity index (χ0) is 18.0. The van der Waals surface area contributed by atoms with E-state index in [1.54, 1.807) is 6.92 Å². The monoisotopic (exact) mass is 354 g/mol. The summed E-state index contributed by atoms with van der Waals surface area (Å²) in [6, 6.07) is 0. The molecule has 0 saturated carbocycles. The minimum atomic E-state index is -0.840. The van der Waals surface area contributed by atoms with Crippen LogP contribution < -0.4 is 0 Å². The normalized spacial score (nSPS) is 10.3. The van der Waals surface area contributed by atoms with Gasteiger partial charge in [0.1, 0.15) is 15.4 Å². The Morgan fingerprint density at radius 3 is 2.21 bits per heavy atom. The number of carbonyl (C=O) groups excluding carboxylic acids is 3. The second-order valence-corrected chi connectivity index (χ2v) is 5.52. The van der Waals surface area contributed by atoms with E-state index < -0.39 is 23.7 Å². The fourth-order valence-corrected chi connectivity index (χ4v) is 3.14. The number of hydrogen-bond acceptors (Lipinski definition) is 9. The highest BCUT2D eigenvalue weighted by atomic mass is 32.1. The van der Waals surface area contributed by atoms with E-state index in [0.717, 1.165) is 29.3 Å². The summed E-state index contributed by atoms with van der Waals surface area (Å²) in [6.07, 6.45) is 1.13. The van der Waals surface area contributed by atoms with Gasteiger partial charge in [0.2, 0.25) is 5.69 Å². The van der Waals surface area contributed by atoms with Crippen molar-refractivity contribution in [2.75, 3.05) is 21.3 Å². The number of esters is 3. The molecule has 2 aromatic heterocycles. The molecule has 2 heterocycles. The lowest BCUT2D eigenvalue weighted by atomic mass is 10.1. The molecule has 0 spiro atoms. The number of aromatic nitrogens is 2. The van der Waals surface area contributed by atoms with E-state index in [2.05, 4.69) is 14.6 Å². The number of rotatable bonds is 4. The van der Waals surface area contributed by atoms with E-state index >= 15 is 0 Å². The first-order valence-corrected chi connectivity index (χ1v) is 7.34. The Kier molecular flexibility index (Phi) is 4.88. The smallest absolute Gasteiger partial charge is 0.362 e. The third kappa shape index (κ3) is 2.83. The van der Waals surface area contributed by atoms with Crippen molar-refractivity contribution in [1.29, 1.82) is 0 Å². The molecule has 0 bridgehead atoms. The lowest BCUT2D eigenvalue weighted by molar-refractivity contribution is 0.0583. The first-order valence-electron chi connectivity index (χ1n) is 6.53. The Bertz CT molecular complexity index is 821. The fourth-order valence-electron chi connectivity index (χ4n) is 2.00. The summed E-state index contributed by atoms with van der Waals surface area (Å²) in [5, 5.41) is 13.9. The maximum atomic E-state index is 12.1. The van der Waals surface area contributed by atoms with Gasteiger partial charge < -0.3 is 19.3 Å². The molecule has 0 amide bonds. The fraction of sp³-hybridized carbons (Fsp3) is 0.286. The number of hydrogen-bond donors (Lipinski definition) is 1. The largest absolute Gasteiger partial charge is 0.504 e. The van der Waals surface area contributed by atoms with Gasteiger partial charge >= 0.3 is 17.9 Å². The van der Waals surface area contributed by atoms with Gasteiger partial charge in [-0.3, -0.25) is 0 Å². The van der Waals surface area contributed by atoms with E-state index in [9.17, 15) is 19.5 Å². The SMILES string of the molecule is COC(=O)c1nn(-c2sc(C(=O)OC)c(C)c2C(=O)OC)cc1O. The third-order valence-corrected chi connectivity index (χ3v) is 4.43. The van der Waals surface area contributed by atoms with Crippen molar-refractivity contribution in [3.63, 3.8) is 0 Å². The predicted octanol–water partition coefficient (Wildman–Crippen LogP) is 1.31. The Balaban J connectivity index is 2.67. The van der Waals surface area contributed by atoms with Gasteiger partial charge in [0.15, 0.2) is 5.75 Å². The van der Waals surface area contributed by atoms with Crippen LogP contribution in [0, 0.1) is 6.92 Å². The maximum absolute atomic E-state index is 12.1. The van der Waals surface area contributed by atoms with Crippen molar-refractivity contribution in [3.05, 3.63) is 27.9 Å². The molecule has 2 rings (SSSR count). The standard InChI is InChI=1S/C14H14N2O7S/c1-6-8(12(18)21-2)11(24-10(6)14(20)23-4)16-5-7(17)9(15-16)13(19)22-3/h5,17H,1-4H3. The van der Waals surface area contributed by atoms with Gasteiger partial charge in [0.25, 0.3) is 0 Å². The van der Waals surface area contributed by atoms with Crippen LogP contribution in [-0.2, 0) is 14.2 Å². The molecule has 1 N–H and O–H groups in total.